The normalized spacial score (nSPS) is 11.6. The minimum absolute atomic E-state index is 0.294. The van der Waals surface area contributed by atoms with Crippen LogP contribution in [0.25, 0.3) is 11.4 Å². The quantitative estimate of drug-likeness (QED) is 0.687. The number of esters is 1. The molecule has 0 radical (unpaired) electrons. The molecule has 2 N–H and O–H groups in total. The van der Waals surface area contributed by atoms with Crippen LogP contribution in [0.15, 0.2) is 18.2 Å². The summed E-state index contributed by atoms with van der Waals surface area (Å²) in [5.41, 5.74) is 5.66. The Hall–Kier alpha value is -3.17. The maximum atomic E-state index is 11.7. The summed E-state index contributed by atoms with van der Waals surface area (Å²) in [6, 6.07) is 5.13. The summed E-state index contributed by atoms with van der Waals surface area (Å²) in [6.45, 7) is 1.09. The zero-order valence-electron chi connectivity index (χ0n) is 13.4. The van der Waals surface area contributed by atoms with Gasteiger partial charge in [0.05, 0.1) is 14.2 Å². The molecule has 0 bridgehead atoms. The van der Waals surface area contributed by atoms with Gasteiger partial charge in [0.25, 0.3) is 5.91 Å². The molecule has 1 amide bonds. The average Bonchev–Trinajstić information content (AvgIpc) is 3.02. The molecule has 0 aliphatic carbocycles. The van der Waals surface area contributed by atoms with E-state index in [2.05, 4.69) is 15.4 Å². The second-order valence-electron chi connectivity index (χ2n) is 4.75. The van der Waals surface area contributed by atoms with Gasteiger partial charge in [0.1, 0.15) is 0 Å². The van der Waals surface area contributed by atoms with Gasteiger partial charge in [-0.3, -0.25) is 4.79 Å². The molecule has 1 aromatic heterocycles. The number of carbonyl (C=O) groups is 2. The van der Waals surface area contributed by atoms with Gasteiger partial charge in [-0.2, -0.15) is 4.80 Å². The minimum atomic E-state index is -1.02. The molecule has 0 aliphatic rings. The second kappa shape index (κ2) is 7.40. The van der Waals surface area contributed by atoms with E-state index in [4.69, 9.17) is 19.9 Å². The molecule has 0 aliphatic heterocycles. The summed E-state index contributed by atoms with van der Waals surface area (Å²) in [5.74, 6) is -0.0520. The molecule has 1 aromatic carbocycles. The Bertz CT molecular complexity index is 745. The van der Waals surface area contributed by atoms with E-state index in [0.29, 0.717) is 22.9 Å². The Morgan fingerprint density at radius 1 is 1.25 bits per heavy atom. The van der Waals surface area contributed by atoms with E-state index in [1.54, 1.807) is 18.2 Å². The molecular formula is C14H17N5O5. The highest BCUT2D eigenvalue weighted by Crippen LogP contribution is 2.30. The van der Waals surface area contributed by atoms with E-state index in [0.717, 1.165) is 4.80 Å². The van der Waals surface area contributed by atoms with E-state index in [1.165, 1.54) is 21.1 Å². The zero-order chi connectivity index (χ0) is 17.7. The molecule has 10 nitrogen and oxygen atoms in total. The van der Waals surface area contributed by atoms with Crippen LogP contribution in [0.5, 0.6) is 11.5 Å². The predicted octanol–water partition coefficient (Wildman–Crippen LogP) is -0.226. The fraction of sp³-hybridized carbons (Fsp3) is 0.357. The van der Waals surface area contributed by atoms with Crippen molar-refractivity contribution in [1.29, 1.82) is 0 Å². The lowest BCUT2D eigenvalue weighted by atomic mass is 10.2. The van der Waals surface area contributed by atoms with Gasteiger partial charge in [-0.25, -0.2) is 4.79 Å². The highest BCUT2D eigenvalue weighted by Gasteiger charge is 2.17. The third-order valence-electron chi connectivity index (χ3n) is 3.07. The van der Waals surface area contributed by atoms with Gasteiger partial charge in [0.15, 0.2) is 24.1 Å². The number of tetrazole rings is 1. The summed E-state index contributed by atoms with van der Waals surface area (Å²) in [7, 11) is 3.05. The number of nitrogens with two attached hydrogens (primary N) is 1. The van der Waals surface area contributed by atoms with Crippen LogP contribution in [0.3, 0.4) is 0 Å². The first-order valence-corrected chi connectivity index (χ1v) is 6.93. The minimum Gasteiger partial charge on any atom is -0.493 e. The lowest BCUT2D eigenvalue weighted by molar-refractivity contribution is -0.154. The van der Waals surface area contributed by atoms with Gasteiger partial charge >= 0.3 is 5.97 Å². The number of amides is 1. The fourth-order valence-electron chi connectivity index (χ4n) is 1.81. The van der Waals surface area contributed by atoms with Crippen LogP contribution in [0.2, 0.25) is 0 Å². The van der Waals surface area contributed by atoms with Crippen molar-refractivity contribution >= 4 is 11.9 Å². The summed E-state index contributed by atoms with van der Waals surface area (Å²) in [6.07, 6.45) is -1.02. The van der Waals surface area contributed by atoms with E-state index in [-0.39, 0.29) is 6.54 Å². The third-order valence-corrected chi connectivity index (χ3v) is 3.07. The number of primary amides is 1. The molecule has 1 heterocycles. The van der Waals surface area contributed by atoms with Gasteiger partial charge in [-0.15, -0.1) is 10.2 Å². The smallest absolute Gasteiger partial charge is 0.330 e. The summed E-state index contributed by atoms with van der Waals surface area (Å²) < 4.78 is 15.2. The number of aromatic nitrogens is 4. The van der Waals surface area contributed by atoms with Crippen molar-refractivity contribution in [3.8, 4) is 22.9 Å². The standard InChI is InChI=1S/C14H17N5O5/c1-8(13(15)21)24-12(20)7-19-17-14(16-18-19)9-4-5-10(22-2)11(6-9)23-3/h4-6,8H,7H2,1-3H3,(H2,15,21)/t8-/m1/s1. The van der Waals surface area contributed by atoms with Crippen LogP contribution >= 0.6 is 0 Å². The molecule has 0 spiro atoms. The summed E-state index contributed by atoms with van der Waals surface area (Å²) in [5, 5.41) is 11.7. The molecule has 24 heavy (non-hydrogen) atoms. The lowest BCUT2D eigenvalue weighted by Gasteiger charge is -2.08. The van der Waals surface area contributed by atoms with Crippen LogP contribution in [0, 0.1) is 0 Å². The van der Waals surface area contributed by atoms with Crippen molar-refractivity contribution in [3.05, 3.63) is 18.2 Å². The van der Waals surface area contributed by atoms with Gasteiger partial charge < -0.3 is 19.9 Å². The molecule has 0 unspecified atom stereocenters. The van der Waals surface area contributed by atoms with E-state index in [9.17, 15) is 9.59 Å². The van der Waals surface area contributed by atoms with Crippen molar-refractivity contribution in [3.63, 3.8) is 0 Å². The third kappa shape index (κ3) is 3.97. The number of hydrogen-bond acceptors (Lipinski definition) is 8. The molecule has 2 rings (SSSR count). The summed E-state index contributed by atoms with van der Waals surface area (Å²) >= 11 is 0. The summed E-state index contributed by atoms with van der Waals surface area (Å²) in [4.78, 5) is 23.6. The Balaban J connectivity index is 2.10. The van der Waals surface area contributed by atoms with Crippen LogP contribution < -0.4 is 15.2 Å². The van der Waals surface area contributed by atoms with E-state index in [1.807, 2.05) is 0 Å². The second-order valence-corrected chi connectivity index (χ2v) is 4.75. The molecule has 2 aromatic rings. The lowest BCUT2D eigenvalue weighted by Crippen LogP contribution is -2.31. The Kier molecular flexibility index (Phi) is 5.30. The Labute approximate surface area is 137 Å². The van der Waals surface area contributed by atoms with Crippen LogP contribution in [-0.4, -0.2) is 52.4 Å². The first-order valence-electron chi connectivity index (χ1n) is 6.93. The van der Waals surface area contributed by atoms with E-state index >= 15 is 0 Å². The zero-order valence-corrected chi connectivity index (χ0v) is 13.4. The predicted molar refractivity (Wildman–Crippen MR) is 81.1 cm³/mol. The van der Waals surface area contributed by atoms with Crippen molar-refractivity contribution < 1.29 is 23.8 Å². The van der Waals surface area contributed by atoms with Crippen molar-refractivity contribution in [2.75, 3.05) is 14.2 Å². The first kappa shape index (κ1) is 17.2. The molecule has 1 atom stereocenters. The molecule has 0 saturated carbocycles. The first-order chi connectivity index (χ1) is 11.4. The highest BCUT2D eigenvalue weighted by atomic mass is 16.5. The maximum absolute atomic E-state index is 11.7. The number of hydrogen-bond donors (Lipinski definition) is 1. The molecular weight excluding hydrogens is 318 g/mol. The fourth-order valence-corrected chi connectivity index (χ4v) is 1.81. The van der Waals surface area contributed by atoms with Crippen LogP contribution in [0.4, 0.5) is 0 Å². The largest absolute Gasteiger partial charge is 0.493 e. The molecule has 0 saturated heterocycles. The topological polar surface area (TPSA) is 131 Å². The van der Waals surface area contributed by atoms with Crippen LogP contribution in [-0.2, 0) is 20.9 Å². The van der Waals surface area contributed by atoms with Gasteiger partial charge in [-0.05, 0) is 30.3 Å². The SMILES string of the molecule is COc1ccc(-c2nnn(CC(=O)O[C@H](C)C(N)=O)n2)cc1OC. The molecule has 0 fully saturated rings. The number of carbonyl (C=O) groups excluding carboxylic acids is 2. The van der Waals surface area contributed by atoms with Gasteiger partial charge in [0, 0.05) is 5.56 Å². The van der Waals surface area contributed by atoms with Crippen LogP contribution in [0.1, 0.15) is 6.92 Å². The van der Waals surface area contributed by atoms with Gasteiger partial charge in [0.2, 0.25) is 5.82 Å². The highest BCUT2D eigenvalue weighted by molar-refractivity contribution is 5.81. The number of methoxy groups -OCH3 is 2. The van der Waals surface area contributed by atoms with E-state index < -0.39 is 18.0 Å². The Morgan fingerprint density at radius 3 is 2.58 bits per heavy atom. The maximum Gasteiger partial charge on any atom is 0.330 e. The average molecular weight is 335 g/mol. The monoisotopic (exact) mass is 335 g/mol. The molecule has 128 valence electrons. The van der Waals surface area contributed by atoms with Crippen molar-refractivity contribution in [2.45, 2.75) is 19.6 Å². The van der Waals surface area contributed by atoms with Gasteiger partial charge in [-0.1, -0.05) is 0 Å². The number of ether oxygens (including phenoxy) is 3. The Morgan fingerprint density at radius 2 is 1.96 bits per heavy atom. The van der Waals surface area contributed by atoms with Crippen molar-refractivity contribution in [2.24, 2.45) is 5.73 Å². The number of benzene rings is 1. The van der Waals surface area contributed by atoms with Crippen molar-refractivity contribution in [1.82, 2.24) is 20.2 Å². The molecule has 10 heteroatoms. The number of rotatable bonds is 7. The number of nitrogens with zero attached hydrogens (tertiary/aromatic N) is 4.